The third-order valence-corrected chi connectivity index (χ3v) is 5.14. The summed E-state index contributed by atoms with van der Waals surface area (Å²) in [5, 5.41) is 8.24. The minimum absolute atomic E-state index is 0.119. The molecule has 0 bridgehead atoms. The minimum Gasteiger partial charge on any atom is -0.332 e. The zero-order valence-corrected chi connectivity index (χ0v) is 15.4. The summed E-state index contributed by atoms with van der Waals surface area (Å²) in [6, 6.07) is 14.0. The Kier molecular flexibility index (Phi) is 6.25. The van der Waals surface area contributed by atoms with E-state index in [1.54, 1.807) is 0 Å². The molecule has 28 heavy (non-hydrogen) atoms. The third-order valence-electron chi connectivity index (χ3n) is 4.12. The van der Waals surface area contributed by atoms with E-state index in [4.69, 9.17) is 0 Å². The number of halogens is 3. The summed E-state index contributed by atoms with van der Waals surface area (Å²) in [4.78, 5) is 24.1. The zero-order chi connectivity index (χ0) is 20.1. The van der Waals surface area contributed by atoms with Gasteiger partial charge in [-0.15, -0.1) is 11.8 Å². The molecule has 3 rings (SSSR count). The van der Waals surface area contributed by atoms with Crippen molar-refractivity contribution in [1.29, 1.82) is 0 Å². The molecule has 1 aliphatic heterocycles. The summed E-state index contributed by atoms with van der Waals surface area (Å²) in [7, 11) is 0. The third kappa shape index (κ3) is 5.26. The molecule has 0 spiro atoms. The number of hydrogen-bond donors (Lipinski definition) is 3. The standard InChI is InChI=1S/C19H18F3N3O2S/c20-19(21,22)13-8-4-5-9-14(13)23-17(27)11-28-18-24-15(10-16(26)25-18)12-6-2-1-3-7-12/h1-9,15,18,24H,10-11H2,(H,23,27)(H,25,26). The molecule has 3 N–H and O–H groups in total. The van der Waals surface area contributed by atoms with Crippen molar-refractivity contribution in [3.63, 3.8) is 0 Å². The van der Waals surface area contributed by atoms with E-state index in [2.05, 4.69) is 16.0 Å². The number of carbonyl (C=O) groups excluding carboxylic acids is 2. The van der Waals surface area contributed by atoms with Crippen molar-refractivity contribution < 1.29 is 22.8 Å². The molecular weight excluding hydrogens is 391 g/mol. The lowest BCUT2D eigenvalue weighted by atomic mass is 10.0. The second-order valence-electron chi connectivity index (χ2n) is 6.18. The fourth-order valence-corrected chi connectivity index (χ4v) is 3.71. The van der Waals surface area contributed by atoms with Crippen molar-refractivity contribution in [1.82, 2.24) is 10.6 Å². The van der Waals surface area contributed by atoms with E-state index in [1.165, 1.54) is 18.2 Å². The van der Waals surface area contributed by atoms with Gasteiger partial charge < -0.3 is 10.6 Å². The summed E-state index contributed by atoms with van der Waals surface area (Å²) >= 11 is 1.10. The lowest BCUT2D eigenvalue weighted by Gasteiger charge is -2.31. The first kappa shape index (κ1) is 20.2. The van der Waals surface area contributed by atoms with E-state index in [-0.39, 0.29) is 29.8 Å². The Morgan fingerprint density at radius 3 is 2.50 bits per heavy atom. The van der Waals surface area contributed by atoms with Crippen molar-refractivity contribution in [2.24, 2.45) is 0 Å². The topological polar surface area (TPSA) is 70.2 Å². The molecule has 2 amide bonds. The van der Waals surface area contributed by atoms with Crippen molar-refractivity contribution >= 4 is 29.3 Å². The lowest BCUT2D eigenvalue weighted by Crippen LogP contribution is -2.51. The number of para-hydroxylation sites is 1. The molecule has 5 nitrogen and oxygen atoms in total. The fourth-order valence-electron chi connectivity index (χ4n) is 2.85. The Bertz CT molecular complexity index is 846. The van der Waals surface area contributed by atoms with Gasteiger partial charge in [-0.1, -0.05) is 42.5 Å². The van der Waals surface area contributed by atoms with Gasteiger partial charge in [0.1, 0.15) is 5.50 Å². The van der Waals surface area contributed by atoms with Crippen LogP contribution in [-0.2, 0) is 15.8 Å². The van der Waals surface area contributed by atoms with E-state index in [9.17, 15) is 22.8 Å². The molecule has 1 saturated heterocycles. The van der Waals surface area contributed by atoms with E-state index in [0.29, 0.717) is 0 Å². The number of carbonyl (C=O) groups is 2. The average molecular weight is 409 g/mol. The molecule has 1 heterocycles. The number of anilines is 1. The van der Waals surface area contributed by atoms with E-state index in [0.717, 1.165) is 23.4 Å². The summed E-state index contributed by atoms with van der Waals surface area (Å²) in [5.41, 5.74) is -0.758. The number of alkyl halides is 3. The highest BCUT2D eigenvalue weighted by Gasteiger charge is 2.33. The maximum atomic E-state index is 13.0. The predicted octanol–water partition coefficient (Wildman–Crippen LogP) is 3.51. The quantitative estimate of drug-likeness (QED) is 0.707. The van der Waals surface area contributed by atoms with Crippen molar-refractivity contribution in [2.75, 3.05) is 11.1 Å². The van der Waals surface area contributed by atoms with Gasteiger partial charge in [0.2, 0.25) is 11.8 Å². The number of rotatable bonds is 5. The van der Waals surface area contributed by atoms with Gasteiger partial charge >= 0.3 is 6.18 Å². The molecule has 0 aromatic heterocycles. The van der Waals surface area contributed by atoms with E-state index >= 15 is 0 Å². The molecule has 148 valence electrons. The highest BCUT2D eigenvalue weighted by atomic mass is 32.2. The molecule has 2 atom stereocenters. The highest BCUT2D eigenvalue weighted by molar-refractivity contribution is 8.00. The number of nitrogens with one attached hydrogen (secondary N) is 3. The molecular formula is C19H18F3N3O2S. The SMILES string of the molecule is O=C(CSC1NC(=O)CC(c2ccccc2)N1)Nc1ccccc1C(F)(F)F. The number of benzene rings is 2. The van der Waals surface area contributed by atoms with Crippen LogP contribution in [0.15, 0.2) is 54.6 Å². The molecule has 1 fully saturated rings. The highest BCUT2D eigenvalue weighted by Crippen LogP contribution is 2.34. The number of amides is 2. The van der Waals surface area contributed by atoms with Crippen molar-refractivity contribution in [2.45, 2.75) is 24.1 Å². The summed E-state index contributed by atoms with van der Waals surface area (Å²) < 4.78 is 39.0. The number of thioether (sulfide) groups is 1. The molecule has 0 aliphatic carbocycles. The van der Waals surface area contributed by atoms with Crippen LogP contribution < -0.4 is 16.0 Å². The van der Waals surface area contributed by atoms with Crippen LogP contribution in [0, 0.1) is 0 Å². The fraction of sp³-hybridized carbons (Fsp3) is 0.263. The number of hydrogen-bond acceptors (Lipinski definition) is 4. The Hall–Kier alpha value is -2.52. The van der Waals surface area contributed by atoms with Crippen LogP contribution in [0.3, 0.4) is 0 Å². The predicted molar refractivity (Wildman–Crippen MR) is 101 cm³/mol. The molecule has 2 aromatic carbocycles. The molecule has 0 saturated carbocycles. The van der Waals surface area contributed by atoms with Crippen LogP contribution in [-0.4, -0.2) is 23.1 Å². The molecule has 1 aliphatic rings. The van der Waals surface area contributed by atoms with Crippen LogP contribution in [0.4, 0.5) is 18.9 Å². The summed E-state index contributed by atoms with van der Waals surface area (Å²) in [5.74, 6) is -0.862. The van der Waals surface area contributed by atoms with E-state index < -0.39 is 23.1 Å². The van der Waals surface area contributed by atoms with Gasteiger partial charge in [-0.25, -0.2) is 0 Å². The Morgan fingerprint density at radius 1 is 1.11 bits per heavy atom. The second kappa shape index (κ2) is 8.66. The lowest BCUT2D eigenvalue weighted by molar-refractivity contribution is -0.137. The minimum atomic E-state index is -4.56. The van der Waals surface area contributed by atoms with Gasteiger partial charge in [-0.2, -0.15) is 13.2 Å². The first-order valence-electron chi connectivity index (χ1n) is 8.51. The maximum absolute atomic E-state index is 13.0. The first-order valence-corrected chi connectivity index (χ1v) is 9.56. The Balaban J connectivity index is 1.58. The molecule has 0 radical (unpaired) electrons. The van der Waals surface area contributed by atoms with Gasteiger partial charge in [0.15, 0.2) is 0 Å². The van der Waals surface area contributed by atoms with E-state index in [1.807, 2.05) is 30.3 Å². The molecule has 2 aromatic rings. The van der Waals surface area contributed by atoms with Gasteiger partial charge in [0, 0.05) is 12.5 Å². The average Bonchev–Trinajstić information content (AvgIpc) is 2.66. The zero-order valence-electron chi connectivity index (χ0n) is 14.6. The Labute approximate surface area is 164 Å². The Morgan fingerprint density at radius 2 is 1.79 bits per heavy atom. The second-order valence-corrected chi connectivity index (χ2v) is 7.28. The largest absolute Gasteiger partial charge is 0.418 e. The van der Waals surface area contributed by atoms with Crippen LogP contribution in [0.1, 0.15) is 23.6 Å². The van der Waals surface area contributed by atoms with Gasteiger partial charge in [0.25, 0.3) is 0 Å². The molecule has 2 unspecified atom stereocenters. The summed E-state index contributed by atoms with van der Waals surface area (Å²) in [6.07, 6.45) is -4.29. The monoisotopic (exact) mass is 409 g/mol. The first-order chi connectivity index (χ1) is 13.3. The van der Waals surface area contributed by atoms with Crippen LogP contribution in [0.25, 0.3) is 0 Å². The smallest absolute Gasteiger partial charge is 0.332 e. The van der Waals surface area contributed by atoms with Gasteiger partial charge in [-0.3, -0.25) is 14.9 Å². The normalized spacial score (nSPS) is 19.8. The van der Waals surface area contributed by atoms with Crippen LogP contribution >= 0.6 is 11.8 Å². The maximum Gasteiger partial charge on any atom is 0.418 e. The summed E-state index contributed by atoms with van der Waals surface area (Å²) in [6.45, 7) is 0. The van der Waals surface area contributed by atoms with Crippen LogP contribution in [0.2, 0.25) is 0 Å². The van der Waals surface area contributed by atoms with Gasteiger partial charge in [-0.05, 0) is 17.7 Å². The molecule has 9 heteroatoms. The van der Waals surface area contributed by atoms with Crippen molar-refractivity contribution in [3.8, 4) is 0 Å². The van der Waals surface area contributed by atoms with Gasteiger partial charge in [0.05, 0.1) is 17.0 Å². The van der Waals surface area contributed by atoms with Crippen molar-refractivity contribution in [3.05, 3.63) is 65.7 Å². The van der Waals surface area contributed by atoms with Crippen LogP contribution in [0.5, 0.6) is 0 Å².